The standard InChI is InChI=1S/C8H8F/c1-2-7-3-5-8(9)6-4-7/h3-5H,2H2,1H3. The topological polar surface area (TPSA) is 0 Å². The molecule has 47 valence electrons. The fourth-order valence-corrected chi connectivity index (χ4v) is 0.658. The Bertz CT molecular complexity index is 176. The molecule has 1 aromatic rings. The Labute approximate surface area is 54.3 Å². The van der Waals surface area contributed by atoms with Crippen molar-refractivity contribution in [1.29, 1.82) is 0 Å². The van der Waals surface area contributed by atoms with Crippen LogP contribution < -0.4 is 0 Å². The zero-order valence-corrected chi connectivity index (χ0v) is 5.32. The molecule has 0 heterocycles. The quantitative estimate of drug-likeness (QED) is 0.537. The maximum Gasteiger partial charge on any atom is 0.131 e. The Hall–Kier alpha value is -0.850. The minimum absolute atomic E-state index is 0.285. The summed E-state index contributed by atoms with van der Waals surface area (Å²) in [5, 5.41) is 0. The van der Waals surface area contributed by atoms with Gasteiger partial charge in [0.15, 0.2) is 0 Å². The summed E-state index contributed by atoms with van der Waals surface area (Å²) in [5.41, 5.74) is 1.12. The van der Waals surface area contributed by atoms with E-state index < -0.39 is 0 Å². The molecule has 0 aliphatic heterocycles. The highest BCUT2D eigenvalue weighted by Gasteiger charge is 1.88. The van der Waals surface area contributed by atoms with Gasteiger partial charge in [0.2, 0.25) is 0 Å². The van der Waals surface area contributed by atoms with Crippen LogP contribution in [0.1, 0.15) is 12.5 Å². The fraction of sp³-hybridized carbons (Fsp3) is 0.250. The van der Waals surface area contributed by atoms with Crippen LogP contribution >= 0.6 is 0 Å². The Morgan fingerprint density at radius 3 is 2.78 bits per heavy atom. The average molecular weight is 123 g/mol. The normalized spacial score (nSPS) is 9.56. The fourth-order valence-electron chi connectivity index (χ4n) is 0.658. The Balaban J connectivity index is 2.88. The van der Waals surface area contributed by atoms with Gasteiger partial charge >= 0.3 is 0 Å². The monoisotopic (exact) mass is 123 g/mol. The lowest BCUT2D eigenvalue weighted by Crippen LogP contribution is -1.79. The summed E-state index contributed by atoms with van der Waals surface area (Å²) in [5.74, 6) is -0.285. The van der Waals surface area contributed by atoms with Crippen LogP contribution in [0.4, 0.5) is 4.39 Å². The minimum atomic E-state index is -0.285. The molecule has 0 nitrogen and oxygen atoms in total. The lowest BCUT2D eigenvalue weighted by molar-refractivity contribution is 0.625. The van der Waals surface area contributed by atoms with E-state index in [0.717, 1.165) is 12.0 Å². The van der Waals surface area contributed by atoms with Crippen molar-refractivity contribution in [1.82, 2.24) is 0 Å². The lowest BCUT2D eigenvalue weighted by Gasteiger charge is -1.91. The SMILES string of the molecule is CCc1c[c]c(F)cc1. The molecule has 0 atom stereocenters. The zero-order valence-electron chi connectivity index (χ0n) is 5.32. The molecular formula is C8H8F. The van der Waals surface area contributed by atoms with Crippen molar-refractivity contribution in [2.45, 2.75) is 13.3 Å². The Morgan fingerprint density at radius 2 is 2.33 bits per heavy atom. The van der Waals surface area contributed by atoms with Gasteiger partial charge in [-0.15, -0.1) is 0 Å². The van der Waals surface area contributed by atoms with Crippen molar-refractivity contribution in [3.05, 3.63) is 35.6 Å². The van der Waals surface area contributed by atoms with Crippen LogP contribution in [-0.4, -0.2) is 0 Å². The molecule has 0 saturated carbocycles. The summed E-state index contributed by atoms with van der Waals surface area (Å²) in [6, 6.07) is 7.36. The van der Waals surface area contributed by atoms with E-state index in [9.17, 15) is 4.39 Å². The van der Waals surface area contributed by atoms with Crippen molar-refractivity contribution in [3.8, 4) is 0 Å². The molecule has 0 aliphatic rings. The number of rotatable bonds is 1. The summed E-state index contributed by atoms with van der Waals surface area (Å²) in [6.45, 7) is 2.03. The molecular weight excluding hydrogens is 115 g/mol. The molecule has 1 aromatic carbocycles. The van der Waals surface area contributed by atoms with Gasteiger partial charge < -0.3 is 0 Å². The van der Waals surface area contributed by atoms with Gasteiger partial charge in [-0.3, -0.25) is 0 Å². The molecule has 0 unspecified atom stereocenters. The number of hydrogen-bond donors (Lipinski definition) is 0. The first kappa shape index (κ1) is 6.27. The number of hydrogen-bond acceptors (Lipinski definition) is 0. The van der Waals surface area contributed by atoms with Gasteiger partial charge in [0, 0.05) is 6.07 Å². The molecule has 1 radical (unpaired) electrons. The summed E-state index contributed by atoms with van der Waals surface area (Å²) in [4.78, 5) is 0. The van der Waals surface area contributed by atoms with Gasteiger partial charge in [-0.25, -0.2) is 4.39 Å². The maximum atomic E-state index is 12.2. The van der Waals surface area contributed by atoms with Gasteiger partial charge in [-0.1, -0.05) is 13.0 Å². The first-order valence-electron chi connectivity index (χ1n) is 2.99. The van der Waals surface area contributed by atoms with Crippen LogP contribution in [0.3, 0.4) is 0 Å². The molecule has 0 bridgehead atoms. The largest absolute Gasteiger partial charge is 0.206 e. The van der Waals surface area contributed by atoms with Crippen molar-refractivity contribution in [3.63, 3.8) is 0 Å². The van der Waals surface area contributed by atoms with Crippen molar-refractivity contribution in [2.75, 3.05) is 0 Å². The van der Waals surface area contributed by atoms with Gasteiger partial charge in [0.25, 0.3) is 0 Å². The third-order valence-electron chi connectivity index (χ3n) is 1.25. The van der Waals surface area contributed by atoms with E-state index in [2.05, 4.69) is 6.07 Å². The van der Waals surface area contributed by atoms with Gasteiger partial charge in [0.05, 0.1) is 0 Å². The highest BCUT2D eigenvalue weighted by Crippen LogP contribution is 2.01. The second-order valence-electron chi connectivity index (χ2n) is 1.90. The van der Waals surface area contributed by atoms with Crippen LogP contribution in [0.25, 0.3) is 0 Å². The van der Waals surface area contributed by atoms with E-state index in [1.807, 2.05) is 6.92 Å². The molecule has 9 heavy (non-hydrogen) atoms. The van der Waals surface area contributed by atoms with E-state index in [1.165, 1.54) is 6.07 Å². The van der Waals surface area contributed by atoms with Gasteiger partial charge in [0.1, 0.15) is 5.82 Å². The molecule has 0 spiro atoms. The van der Waals surface area contributed by atoms with Crippen LogP contribution in [-0.2, 0) is 6.42 Å². The minimum Gasteiger partial charge on any atom is -0.206 e. The van der Waals surface area contributed by atoms with Gasteiger partial charge in [-0.05, 0) is 24.1 Å². The summed E-state index contributed by atoms with van der Waals surface area (Å²) >= 11 is 0. The number of benzene rings is 1. The average Bonchev–Trinajstić information content (AvgIpc) is 1.90. The van der Waals surface area contributed by atoms with E-state index in [1.54, 1.807) is 12.1 Å². The Morgan fingerprint density at radius 1 is 1.56 bits per heavy atom. The van der Waals surface area contributed by atoms with Crippen molar-refractivity contribution < 1.29 is 4.39 Å². The molecule has 0 aliphatic carbocycles. The first-order valence-corrected chi connectivity index (χ1v) is 2.99. The zero-order chi connectivity index (χ0) is 6.69. The molecule has 0 aromatic heterocycles. The second-order valence-corrected chi connectivity index (χ2v) is 1.90. The van der Waals surface area contributed by atoms with Crippen LogP contribution in [0, 0.1) is 11.9 Å². The van der Waals surface area contributed by atoms with Crippen LogP contribution in [0.5, 0.6) is 0 Å². The van der Waals surface area contributed by atoms with E-state index in [0.29, 0.717) is 0 Å². The van der Waals surface area contributed by atoms with E-state index >= 15 is 0 Å². The third kappa shape index (κ3) is 1.53. The van der Waals surface area contributed by atoms with Crippen LogP contribution in [0.2, 0.25) is 0 Å². The summed E-state index contributed by atoms with van der Waals surface area (Å²) in [6.07, 6.45) is 0.941. The first-order chi connectivity index (χ1) is 4.33. The predicted octanol–water partition coefficient (Wildman–Crippen LogP) is 2.19. The highest BCUT2D eigenvalue weighted by molar-refractivity contribution is 5.14. The predicted molar refractivity (Wildman–Crippen MR) is 34.6 cm³/mol. The number of aryl methyl sites for hydroxylation is 1. The molecule has 0 N–H and O–H groups in total. The molecule has 1 rings (SSSR count). The molecule has 0 amide bonds. The molecule has 1 heteroatoms. The van der Waals surface area contributed by atoms with Crippen molar-refractivity contribution in [2.24, 2.45) is 0 Å². The third-order valence-corrected chi connectivity index (χ3v) is 1.25. The van der Waals surface area contributed by atoms with E-state index in [4.69, 9.17) is 0 Å². The van der Waals surface area contributed by atoms with Crippen molar-refractivity contribution >= 4 is 0 Å². The van der Waals surface area contributed by atoms with Crippen LogP contribution in [0.15, 0.2) is 18.2 Å². The summed E-state index contributed by atoms with van der Waals surface area (Å²) < 4.78 is 12.2. The summed E-state index contributed by atoms with van der Waals surface area (Å²) in [7, 11) is 0. The molecule has 0 fully saturated rings. The lowest BCUT2D eigenvalue weighted by atomic mass is 10.2. The number of halogens is 1. The van der Waals surface area contributed by atoms with E-state index in [-0.39, 0.29) is 5.82 Å². The van der Waals surface area contributed by atoms with Gasteiger partial charge in [-0.2, -0.15) is 0 Å². The second kappa shape index (κ2) is 2.62. The highest BCUT2D eigenvalue weighted by atomic mass is 19.1. The molecule has 0 saturated heterocycles. The smallest absolute Gasteiger partial charge is 0.131 e. The Kier molecular flexibility index (Phi) is 1.83. The maximum absolute atomic E-state index is 12.2.